The standard InChI is InChI=1S/C23H30N6O4/c1-23(2)13-29(15-8-9-33-12-15)19-17(28(4)21(23)31)11-25-22(27-19)26-16-7-6-14(20(30)24-3)10-18(16)32-5/h6-7,10-11,15H,8-9,12-13H2,1-5H3,(H,24,30)(H,25,26,27)/t15-/m1/s1. The third-order valence-electron chi connectivity index (χ3n) is 6.12. The molecule has 4 rings (SSSR count). The van der Waals surface area contributed by atoms with Gasteiger partial charge in [-0.1, -0.05) is 0 Å². The number of hydrogen-bond acceptors (Lipinski definition) is 8. The van der Waals surface area contributed by atoms with Crippen molar-refractivity contribution in [2.24, 2.45) is 5.41 Å². The molecule has 1 saturated heterocycles. The van der Waals surface area contributed by atoms with Gasteiger partial charge in [0.25, 0.3) is 5.91 Å². The molecule has 0 bridgehead atoms. The Kier molecular flexibility index (Phi) is 6.11. The lowest BCUT2D eigenvalue weighted by Crippen LogP contribution is -2.46. The molecule has 10 nitrogen and oxygen atoms in total. The van der Waals surface area contributed by atoms with E-state index in [1.54, 1.807) is 43.4 Å². The monoisotopic (exact) mass is 454 g/mol. The average molecular weight is 455 g/mol. The van der Waals surface area contributed by atoms with Crippen molar-refractivity contribution in [3.8, 4) is 5.75 Å². The Hall–Kier alpha value is -3.40. The van der Waals surface area contributed by atoms with Gasteiger partial charge >= 0.3 is 0 Å². The molecule has 0 aliphatic carbocycles. The molecule has 2 N–H and O–H groups in total. The van der Waals surface area contributed by atoms with E-state index in [2.05, 4.69) is 20.5 Å². The van der Waals surface area contributed by atoms with Crippen molar-refractivity contribution in [2.75, 3.05) is 56.1 Å². The first kappa shape index (κ1) is 22.8. The van der Waals surface area contributed by atoms with Crippen LogP contribution in [0.25, 0.3) is 0 Å². The van der Waals surface area contributed by atoms with Gasteiger partial charge in [-0.25, -0.2) is 4.98 Å². The lowest BCUT2D eigenvalue weighted by molar-refractivity contribution is -0.125. The van der Waals surface area contributed by atoms with Gasteiger partial charge in [0.05, 0.1) is 37.1 Å². The first-order valence-electron chi connectivity index (χ1n) is 10.9. The molecular formula is C23H30N6O4. The molecule has 2 aromatic rings. The fourth-order valence-corrected chi connectivity index (χ4v) is 4.28. The smallest absolute Gasteiger partial charge is 0.251 e. The zero-order valence-electron chi connectivity index (χ0n) is 19.6. The highest BCUT2D eigenvalue weighted by atomic mass is 16.5. The number of benzene rings is 1. The molecular weight excluding hydrogens is 424 g/mol. The first-order valence-corrected chi connectivity index (χ1v) is 10.9. The van der Waals surface area contributed by atoms with Crippen LogP contribution >= 0.6 is 0 Å². The second-order valence-corrected chi connectivity index (χ2v) is 8.92. The molecule has 0 saturated carbocycles. The topological polar surface area (TPSA) is 109 Å². The Morgan fingerprint density at radius 3 is 2.79 bits per heavy atom. The van der Waals surface area contributed by atoms with Crippen molar-refractivity contribution in [3.63, 3.8) is 0 Å². The van der Waals surface area contributed by atoms with Gasteiger partial charge in [0.15, 0.2) is 5.82 Å². The van der Waals surface area contributed by atoms with E-state index in [4.69, 9.17) is 14.5 Å². The van der Waals surface area contributed by atoms with Crippen LogP contribution in [-0.2, 0) is 9.53 Å². The summed E-state index contributed by atoms with van der Waals surface area (Å²) in [5, 5.41) is 5.80. The maximum atomic E-state index is 13.1. The summed E-state index contributed by atoms with van der Waals surface area (Å²) in [7, 11) is 4.87. The van der Waals surface area contributed by atoms with Gasteiger partial charge in [-0.3, -0.25) is 9.59 Å². The lowest BCUT2D eigenvalue weighted by atomic mass is 9.91. The fraction of sp³-hybridized carbons (Fsp3) is 0.478. The molecule has 176 valence electrons. The maximum absolute atomic E-state index is 13.1. The van der Waals surface area contributed by atoms with Gasteiger partial charge in [0, 0.05) is 32.8 Å². The van der Waals surface area contributed by atoms with E-state index in [1.807, 2.05) is 13.8 Å². The summed E-state index contributed by atoms with van der Waals surface area (Å²) in [4.78, 5) is 38.1. The number of carbonyl (C=O) groups excluding carboxylic acids is 2. The van der Waals surface area contributed by atoms with Gasteiger partial charge in [-0.15, -0.1) is 0 Å². The number of nitrogens with zero attached hydrogens (tertiary/aromatic N) is 4. The average Bonchev–Trinajstić information content (AvgIpc) is 3.34. The molecule has 0 spiro atoms. The van der Waals surface area contributed by atoms with Crippen molar-refractivity contribution in [2.45, 2.75) is 26.3 Å². The van der Waals surface area contributed by atoms with Gasteiger partial charge < -0.3 is 29.9 Å². The molecule has 0 unspecified atom stereocenters. The van der Waals surface area contributed by atoms with Crippen LogP contribution in [0.5, 0.6) is 5.75 Å². The maximum Gasteiger partial charge on any atom is 0.251 e. The molecule has 2 aliphatic heterocycles. The largest absolute Gasteiger partial charge is 0.495 e. The summed E-state index contributed by atoms with van der Waals surface area (Å²) >= 11 is 0. The predicted molar refractivity (Wildman–Crippen MR) is 125 cm³/mol. The number of methoxy groups -OCH3 is 1. The number of nitrogens with one attached hydrogen (secondary N) is 2. The lowest BCUT2D eigenvalue weighted by Gasteiger charge is -2.33. The zero-order chi connectivity index (χ0) is 23.8. The predicted octanol–water partition coefficient (Wildman–Crippen LogP) is 2.19. The molecule has 2 amide bonds. The van der Waals surface area contributed by atoms with E-state index in [-0.39, 0.29) is 17.9 Å². The molecule has 10 heteroatoms. The number of carbonyl (C=O) groups is 2. The van der Waals surface area contributed by atoms with Gasteiger partial charge in [0.2, 0.25) is 11.9 Å². The van der Waals surface area contributed by atoms with E-state index in [9.17, 15) is 9.59 Å². The molecule has 1 fully saturated rings. The van der Waals surface area contributed by atoms with E-state index in [0.29, 0.717) is 54.2 Å². The minimum atomic E-state index is -0.593. The van der Waals surface area contributed by atoms with Gasteiger partial charge in [-0.2, -0.15) is 4.98 Å². The third kappa shape index (κ3) is 4.30. The van der Waals surface area contributed by atoms with E-state index < -0.39 is 5.41 Å². The Morgan fingerprint density at radius 1 is 1.33 bits per heavy atom. The second kappa shape index (κ2) is 8.86. The summed E-state index contributed by atoms with van der Waals surface area (Å²) in [5.74, 6) is 1.35. The minimum absolute atomic E-state index is 0.0148. The summed E-state index contributed by atoms with van der Waals surface area (Å²) in [6.45, 7) is 5.70. The normalized spacial score (nSPS) is 19.7. The minimum Gasteiger partial charge on any atom is -0.495 e. The zero-order valence-corrected chi connectivity index (χ0v) is 19.6. The van der Waals surface area contributed by atoms with Crippen LogP contribution in [0.1, 0.15) is 30.6 Å². The van der Waals surface area contributed by atoms with Crippen LogP contribution in [0.3, 0.4) is 0 Å². The SMILES string of the molecule is CNC(=O)c1ccc(Nc2ncc3c(n2)N([C@@H]2CCOC2)CC(C)(C)C(=O)N3C)c(OC)c1. The molecule has 1 aromatic carbocycles. The van der Waals surface area contributed by atoms with Crippen LogP contribution in [0, 0.1) is 5.41 Å². The van der Waals surface area contributed by atoms with Crippen LogP contribution in [0.2, 0.25) is 0 Å². The molecule has 1 atom stereocenters. The number of amides is 2. The number of rotatable bonds is 5. The second-order valence-electron chi connectivity index (χ2n) is 8.92. The third-order valence-corrected chi connectivity index (χ3v) is 6.12. The van der Waals surface area contributed by atoms with E-state index >= 15 is 0 Å². The number of aromatic nitrogens is 2. The quantitative estimate of drug-likeness (QED) is 0.708. The highest BCUT2D eigenvalue weighted by Crippen LogP contribution is 2.39. The fourth-order valence-electron chi connectivity index (χ4n) is 4.28. The van der Waals surface area contributed by atoms with Gasteiger partial charge in [0.1, 0.15) is 11.4 Å². The molecule has 2 aliphatic rings. The number of hydrogen-bond donors (Lipinski definition) is 2. The highest BCUT2D eigenvalue weighted by Gasteiger charge is 2.41. The molecule has 0 radical (unpaired) electrons. The van der Waals surface area contributed by atoms with E-state index in [1.165, 1.54) is 7.11 Å². The number of fused-ring (bicyclic) bond motifs is 1. The highest BCUT2D eigenvalue weighted by molar-refractivity contribution is 6.01. The van der Waals surface area contributed by atoms with Crippen molar-refractivity contribution in [1.29, 1.82) is 0 Å². The van der Waals surface area contributed by atoms with Crippen molar-refractivity contribution < 1.29 is 19.1 Å². The molecule has 33 heavy (non-hydrogen) atoms. The Bertz CT molecular complexity index is 1070. The van der Waals surface area contributed by atoms with Crippen LogP contribution in [-0.4, -0.2) is 68.8 Å². The number of anilines is 4. The summed E-state index contributed by atoms with van der Waals surface area (Å²) in [6.07, 6.45) is 2.53. The molecule has 3 heterocycles. The summed E-state index contributed by atoms with van der Waals surface area (Å²) in [6, 6.07) is 5.23. The van der Waals surface area contributed by atoms with Crippen molar-refractivity contribution in [1.82, 2.24) is 15.3 Å². The summed E-state index contributed by atoms with van der Waals surface area (Å²) < 4.78 is 11.1. The molecule has 1 aromatic heterocycles. The van der Waals surface area contributed by atoms with Crippen LogP contribution < -0.4 is 25.2 Å². The number of ether oxygens (including phenoxy) is 2. The van der Waals surface area contributed by atoms with Crippen LogP contribution in [0.4, 0.5) is 23.1 Å². The van der Waals surface area contributed by atoms with Crippen molar-refractivity contribution >= 4 is 35.0 Å². The van der Waals surface area contributed by atoms with Gasteiger partial charge in [-0.05, 0) is 38.5 Å². The Morgan fingerprint density at radius 2 is 2.12 bits per heavy atom. The first-order chi connectivity index (χ1) is 15.7. The Balaban J connectivity index is 1.72. The summed E-state index contributed by atoms with van der Waals surface area (Å²) in [5.41, 5.74) is 1.17. The van der Waals surface area contributed by atoms with E-state index in [0.717, 1.165) is 6.42 Å². The van der Waals surface area contributed by atoms with Crippen LogP contribution in [0.15, 0.2) is 24.4 Å². The van der Waals surface area contributed by atoms with Crippen molar-refractivity contribution in [3.05, 3.63) is 30.0 Å². The Labute approximate surface area is 193 Å².